The van der Waals surface area contributed by atoms with E-state index in [1.807, 2.05) is 0 Å². The van der Waals surface area contributed by atoms with Gasteiger partial charge in [0.2, 0.25) is 0 Å². The third kappa shape index (κ3) is 57.3. The number of carbonyl (C=O) groups is 2. The lowest BCUT2D eigenvalue weighted by Crippen LogP contribution is -2.25. The molecule has 0 aromatic heterocycles. The third-order valence-corrected chi connectivity index (χ3v) is 14.5. The van der Waals surface area contributed by atoms with E-state index in [1.54, 1.807) is 0 Å². The smallest absolute Gasteiger partial charge is 0.306 e. The van der Waals surface area contributed by atoms with Crippen LogP contribution in [0.25, 0.3) is 0 Å². The second-order valence-electron chi connectivity index (χ2n) is 21.4. The predicted molar refractivity (Wildman–Crippen MR) is 294 cm³/mol. The molecule has 1 unspecified atom stereocenters. The monoisotopic (exact) mass is 947 g/mol. The molecule has 0 heterocycles. The van der Waals surface area contributed by atoms with Gasteiger partial charge in [0.25, 0.3) is 0 Å². The van der Waals surface area contributed by atoms with Crippen LogP contribution >= 0.6 is 0 Å². The van der Waals surface area contributed by atoms with Crippen molar-refractivity contribution in [3.63, 3.8) is 0 Å². The molecule has 0 aliphatic carbocycles. The molecule has 0 fully saturated rings. The van der Waals surface area contributed by atoms with E-state index < -0.39 is 0 Å². The zero-order valence-electron chi connectivity index (χ0n) is 45.9. The van der Waals surface area contributed by atoms with Crippen molar-refractivity contribution in [3.05, 3.63) is 0 Å². The summed E-state index contributed by atoms with van der Waals surface area (Å²) in [5.74, 6) is 5.09. The van der Waals surface area contributed by atoms with E-state index in [0.29, 0.717) is 12.8 Å². The summed E-state index contributed by atoms with van der Waals surface area (Å²) in [6.07, 6.45) is 69.5. The van der Waals surface area contributed by atoms with Gasteiger partial charge in [0.1, 0.15) is 12.7 Å². The summed E-state index contributed by atoms with van der Waals surface area (Å²) in [4.78, 5) is 25.5. The molecule has 0 amide bonds. The summed E-state index contributed by atoms with van der Waals surface area (Å²) in [6.45, 7) is 5.73. The Morgan fingerprint density at radius 3 is 0.851 bits per heavy atom. The zero-order chi connectivity index (χ0) is 48.5. The Hall–Kier alpha value is -1.14. The van der Waals surface area contributed by atoms with E-state index in [-0.39, 0.29) is 24.6 Å². The normalized spacial score (nSPS) is 12.0. The summed E-state index contributed by atoms with van der Waals surface area (Å²) in [7, 11) is 0. The number of nitrogens with two attached hydrogens (primary N) is 1. The minimum Gasteiger partial charge on any atom is -0.462 e. The molecule has 0 aromatic rings. The third-order valence-electron chi connectivity index (χ3n) is 14.5. The standard InChI is InChI=1S/C61H122N2O4/c1-3-5-7-9-11-13-34-39-43-47-51-55-60(64)66-58-59(67-61(65)56-52-48-44-40-35-14-12-10-8-6-4-2)54-50-46-42-38-36-32-30-28-26-24-22-20-18-16-15-17-19-21-23-25-27-29-31-33-37-41-45-49-53-57-63-62/h59,63H,3-58,62H2,1-2H3. The molecule has 67 heavy (non-hydrogen) atoms. The van der Waals surface area contributed by atoms with E-state index in [4.69, 9.17) is 15.3 Å². The molecular formula is C61H122N2O4. The van der Waals surface area contributed by atoms with Gasteiger partial charge in [-0.3, -0.25) is 20.9 Å². The fourth-order valence-electron chi connectivity index (χ4n) is 9.92. The molecule has 6 heteroatoms. The van der Waals surface area contributed by atoms with Crippen LogP contribution in [0.2, 0.25) is 0 Å². The first-order valence-electron chi connectivity index (χ1n) is 30.9. The zero-order valence-corrected chi connectivity index (χ0v) is 45.9. The molecule has 0 aliphatic heterocycles. The van der Waals surface area contributed by atoms with Gasteiger partial charge in [0.15, 0.2) is 0 Å². The maximum Gasteiger partial charge on any atom is 0.306 e. The van der Waals surface area contributed by atoms with Crippen LogP contribution < -0.4 is 11.3 Å². The molecule has 3 N–H and O–H groups in total. The Morgan fingerprint density at radius 1 is 0.328 bits per heavy atom. The van der Waals surface area contributed by atoms with Gasteiger partial charge in [-0.05, 0) is 32.1 Å². The number of hydrogen-bond acceptors (Lipinski definition) is 6. The van der Waals surface area contributed by atoms with Gasteiger partial charge in [0.05, 0.1) is 0 Å². The molecule has 400 valence electrons. The first kappa shape index (κ1) is 65.9. The lowest BCUT2D eigenvalue weighted by molar-refractivity contribution is -0.159. The van der Waals surface area contributed by atoms with Crippen molar-refractivity contribution in [2.45, 2.75) is 367 Å². The molecule has 0 radical (unpaired) electrons. The number of hydrogen-bond donors (Lipinski definition) is 2. The molecule has 0 aromatic carbocycles. The highest BCUT2D eigenvalue weighted by Gasteiger charge is 2.17. The van der Waals surface area contributed by atoms with Gasteiger partial charge in [-0.1, -0.05) is 316 Å². The summed E-state index contributed by atoms with van der Waals surface area (Å²) in [5, 5.41) is 0. The Labute approximate surface area is 420 Å². The minimum absolute atomic E-state index is 0.111. The van der Waals surface area contributed by atoms with Crippen molar-refractivity contribution in [1.82, 2.24) is 5.43 Å². The highest BCUT2D eigenvalue weighted by molar-refractivity contribution is 5.70. The quantitative estimate of drug-likeness (QED) is 0.0273. The maximum atomic E-state index is 12.8. The molecule has 6 nitrogen and oxygen atoms in total. The molecule has 0 saturated carbocycles. The Kier molecular flexibility index (Phi) is 58.2. The number of ether oxygens (including phenoxy) is 2. The maximum absolute atomic E-state index is 12.8. The SMILES string of the molecule is CCCCCCCCCCCCCC(=O)OCC(CCCCCCCCCCCCCCCCCCCCCCCCCCCCCCCNN)OC(=O)CCCCCCCCCCCCC. The minimum atomic E-state index is -0.303. The van der Waals surface area contributed by atoms with Gasteiger partial charge in [-0.2, -0.15) is 0 Å². The number of unbranched alkanes of at least 4 members (excludes halogenated alkanes) is 48. The van der Waals surface area contributed by atoms with E-state index >= 15 is 0 Å². The van der Waals surface area contributed by atoms with E-state index in [0.717, 1.165) is 51.5 Å². The van der Waals surface area contributed by atoms with Crippen molar-refractivity contribution in [2.24, 2.45) is 5.84 Å². The van der Waals surface area contributed by atoms with Crippen LogP contribution in [-0.4, -0.2) is 31.2 Å². The van der Waals surface area contributed by atoms with E-state index in [2.05, 4.69) is 19.3 Å². The average Bonchev–Trinajstić information content (AvgIpc) is 3.33. The van der Waals surface area contributed by atoms with Gasteiger partial charge in [-0.25, -0.2) is 0 Å². The van der Waals surface area contributed by atoms with Gasteiger partial charge < -0.3 is 9.47 Å². The Balaban J connectivity index is 3.93. The van der Waals surface area contributed by atoms with Crippen molar-refractivity contribution in [2.75, 3.05) is 13.2 Å². The second kappa shape index (κ2) is 59.2. The van der Waals surface area contributed by atoms with Crippen LogP contribution in [0.1, 0.15) is 361 Å². The van der Waals surface area contributed by atoms with Crippen LogP contribution in [0.5, 0.6) is 0 Å². The Morgan fingerprint density at radius 2 is 0.567 bits per heavy atom. The first-order chi connectivity index (χ1) is 33.1. The molecule has 0 aliphatic rings. The van der Waals surface area contributed by atoms with Crippen molar-refractivity contribution < 1.29 is 19.1 Å². The number of hydrazine groups is 1. The van der Waals surface area contributed by atoms with E-state index in [1.165, 1.54) is 289 Å². The number of carbonyl (C=O) groups excluding carboxylic acids is 2. The summed E-state index contributed by atoms with van der Waals surface area (Å²) >= 11 is 0. The van der Waals surface area contributed by atoms with Crippen molar-refractivity contribution >= 4 is 11.9 Å². The fourth-order valence-corrected chi connectivity index (χ4v) is 9.92. The molecule has 1 atom stereocenters. The van der Waals surface area contributed by atoms with Crippen molar-refractivity contribution in [1.29, 1.82) is 0 Å². The van der Waals surface area contributed by atoms with Crippen LogP contribution in [0.3, 0.4) is 0 Å². The van der Waals surface area contributed by atoms with Gasteiger partial charge in [-0.15, -0.1) is 0 Å². The number of esters is 2. The second-order valence-corrected chi connectivity index (χ2v) is 21.4. The van der Waals surface area contributed by atoms with Crippen LogP contribution in [-0.2, 0) is 19.1 Å². The molecular weight excluding hydrogens is 825 g/mol. The summed E-state index contributed by atoms with van der Waals surface area (Å²) in [5.41, 5.74) is 2.75. The average molecular weight is 948 g/mol. The van der Waals surface area contributed by atoms with Gasteiger partial charge in [0, 0.05) is 19.4 Å². The van der Waals surface area contributed by atoms with E-state index in [9.17, 15) is 9.59 Å². The summed E-state index contributed by atoms with van der Waals surface area (Å²) in [6, 6.07) is 0. The number of nitrogens with one attached hydrogen (secondary N) is 1. The fraction of sp³-hybridized carbons (Fsp3) is 0.967. The highest BCUT2D eigenvalue weighted by Crippen LogP contribution is 2.19. The van der Waals surface area contributed by atoms with Crippen LogP contribution in [0, 0.1) is 0 Å². The summed E-state index contributed by atoms with van der Waals surface area (Å²) < 4.78 is 11.7. The predicted octanol–water partition coefficient (Wildman–Crippen LogP) is 20.0. The number of rotatable bonds is 59. The molecule has 0 saturated heterocycles. The molecule has 0 rings (SSSR count). The van der Waals surface area contributed by atoms with Crippen LogP contribution in [0.4, 0.5) is 0 Å². The highest BCUT2D eigenvalue weighted by atomic mass is 16.6. The molecule has 0 spiro atoms. The van der Waals surface area contributed by atoms with Crippen LogP contribution in [0.15, 0.2) is 0 Å². The molecule has 0 bridgehead atoms. The van der Waals surface area contributed by atoms with Crippen molar-refractivity contribution in [3.8, 4) is 0 Å². The lowest BCUT2D eigenvalue weighted by Gasteiger charge is -2.18. The lowest BCUT2D eigenvalue weighted by atomic mass is 10.0. The van der Waals surface area contributed by atoms with Gasteiger partial charge >= 0.3 is 11.9 Å². The topological polar surface area (TPSA) is 90.7 Å². The Bertz CT molecular complexity index is 946. The first-order valence-corrected chi connectivity index (χ1v) is 30.9. The largest absolute Gasteiger partial charge is 0.462 e.